The molecule has 0 aliphatic carbocycles. The van der Waals surface area contributed by atoms with Crippen molar-refractivity contribution in [3.63, 3.8) is 0 Å². The number of fused-ring (bicyclic) bond motifs is 1. The molecule has 0 spiro atoms. The Labute approximate surface area is 140 Å². The fraction of sp³-hybridized carbons (Fsp3) is 0.200. The molecule has 0 fully saturated rings. The summed E-state index contributed by atoms with van der Waals surface area (Å²) in [6.45, 7) is 0. The van der Waals surface area contributed by atoms with E-state index in [0.29, 0.717) is 18.2 Å². The van der Waals surface area contributed by atoms with Crippen LogP contribution in [0.15, 0.2) is 35.2 Å². The van der Waals surface area contributed by atoms with E-state index in [1.54, 1.807) is 0 Å². The minimum Gasteiger partial charge on any atom is -0.607 e. The molecule has 1 N–H and O–H groups in total. The second kappa shape index (κ2) is 6.11. The van der Waals surface area contributed by atoms with Gasteiger partial charge >= 0.3 is 5.25 Å². The third kappa shape index (κ3) is 2.94. The van der Waals surface area contributed by atoms with E-state index in [0.717, 1.165) is 12.1 Å². The number of aliphatic hydroxyl groups is 1. The lowest BCUT2D eigenvalue weighted by atomic mass is 10.1. The molecule has 25 heavy (non-hydrogen) atoms. The summed E-state index contributed by atoms with van der Waals surface area (Å²) in [6, 6.07) is 3.62. The molecule has 2 aromatic carbocycles. The van der Waals surface area contributed by atoms with E-state index in [9.17, 15) is 36.0 Å². The van der Waals surface area contributed by atoms with Crippen molar-refractivity contribution in [3.8, 4) is 11.5 Å². The van der Waals surface area contributed by atoms with Crippen LogP contribution in [0, 0.1) is 11.6 Å². The van der Waals surface area contributed by atoms with Crippen molar-refractivity contribution in [1.82, 2.24) is 0 Å². The fourth-order valence-electron chi connectivity index (χ4n) is 2.45. The second-order valence-corrected chi connectivity index (χ2v) is 6.63. The number of benzene rings is 2. The van der Waals surface area contributed by atoms with Gasteiger partial charge in [0.1, 0.15) is 28.7 Å². The molecule has 0 radical (unpaired) electrons. The summed E-state index contributed by atoms with van der Waals surface area (Å²) in [4.78, 5) is -0.943. The van der Waals surface area contributed by atoms with Gasteiger partial charge in [0.2, 0.25) is 0 Å². The van der Waals surface area contributed by atoms with Crippen molar-refractivity contribution < 1.29 is 40.7 Å². The monoisotopic (exact) mass is 382 g/mol. The maximum atomic E-state index is 13.7. The standard InChI is InChI=1S/C15H8F6O3S/c16-6-3-7(17)5-8(4-6)24-10-2-1-9-12(11(10)14(18)19)25(23)15(20,21)13(9)22/h1-5,13-14,22H. The smallest absolute Gasteiger partial charge is 0.442 e. The van der Waals surface area contributed by atoms with Crippen LogP contribution < -0.4 is 4.74 Å². The quantitative estimate of drug-likeness (QED) is 0.631. The zero-order valence-corrected chi connectivity index (χ0v) is 12.8. The molecule has 1 heterocycles. The predicted octanol–water partition coefficient (Wildman–Crippen LogP) is 4.44. The van der Waals surface area contributed by atoms with Gasteiger partial charge in [0.05, 0.1) is 11.2 Å². The number of hydrogen-bond acceptors (Lipinski definition) is 3. The van der Waals surface area contributed by atoms with Crippen LogP contribution >= 0.6 is 0 Å². The average Bonchev–Trinajstić information content (AvgIpc) is 2.67. The van der Waals surface area contributed by atoms with Crippen molar-refractivity contribution in [2.24, 2.45) is 0 Å². The lowest BCUT2D eigenvalue weighted by molar-refractivity contribution is -0.0375. The Balaban J connectivity index is 2.12. The molecule has 0 bridgehead atoms. The van der Waals surface area contributed by atoms with Gasteiger partial charge in [-0.1, -0.05) is 0 Å². The normalized spacial score (nSPS) is 21.5. The summed E-state index contributed by atoms with van der Waals surface area (Å²) in [6.07, 6.45) is -5.89. The fourth-order valence-corrected chi connectivity index (χ4v) is 3.83. The highest BCUT2D eigenvalue weighted by Crippen LogP contribution is 2.53. The predicted molar refractivity (Wildman–Crippen MR) is 74.1 cm³/mol. The van der Waals surface area contributed by atoms with Crippen LogP contribution in [0.25, 0.3) is 0 Å². The summed E-state index contributed by atoms with van der Waals surface area (Å²) in [5, 5.41) is 5.37. The van der Waals surface area contributed by atoms with Crippen LogP contribution in [0.5, 0.6) is 11.5 Å². The van der Waals surface area contributed by atoms with Gasteiger partial charge in [-0.25, -0.2) is 17.6 Å². The van der Waals surface area contributed by atoms with Gasteiger partial charge in [0.15, 0.2) is 11.0 Å². The number of halogens is 6. The van der Waals surface area contributed by atoms with Gasteiger partial charge in [-0.2, -0.15) is 8.78 Å². The third-order valence-corrected chi connectivity index (χ3v) is 5.06. The molecular formula is C15H8F6O3S. The summed E-state index contributed by atoms with van der Waals surface area (Å²) in [5.74, 6) is -3.27. The minimum absolute atomic E-state index is 0.490. The van der Waals surface area contributed by atoms with E-state index in [1.165, 1.54) is 0 Å². The Kier molecular flexibility index (Phi) is 4.38. The minimum atomic E-state index is -4.14. The molecule has 1 aliphatic rings. The van der Waals surface area contributed by atoms with Gasteiger partial charge in [-0.05, 0) is 12.1 Å². The van der Waals surface area contributed by atoms with Crippen LogP contribution in [-0.4, -0.2) is 14.9 Å². The summed E-state index contributed by atoms with van der Waals surface area (Å²) in [5.41, 5.74) is -1.74. The van der Waals surface area contributed by atoms with Crippen LogP contribution in [0.3, 0.4) is 0 Å². The van der Waals surface area contributed by atoms with Gasteiger partial charge < -0.3 is 14.4 Å². The molecule has 0 amide bonds. The molecule has 2 unspecified atom stereocenters. The van der Waals surface area contributed by atoms with Gasteiger partial charge in [-0.15, -0.1) is 0 Å². The van der Waals surface area contributed by atoms with E-state index in [2.05, 4.69) is 0 Å². The van der Waals surface area contributed by atoms with E-state index < -0.39 is 68.1 Å². The van der Waals surface area contributed by atoms with Crippen molar-refractivity contribution in [2.75, 3.05) is 0 Å². The summed E-state index contributed by atoms with van der Waals surface area (Å²) < 4.78 is 97.4. The molecule has 10 heteroatoms. The zero-order chi connectivity index (χ0) is 18.5. The number of rotatable bonds is 3. The first kappa shape index (κ1) is 17.9. The highest BCUT2D eigenvalue weighted by molar-refractivity contribution is 7.93. The van der Waals surface area contributed by atoms with Crippen molar-refractivity contribution >= 4 is 11.2 Å². The molecule has 1 aliphatic heterocycles. The van der Waals surface area contributed by atoms with E-state index in [1.807, 2.05) is 0 Å². The van der Waals surface area contributed by atoms with Crippen LogP contribution in [0.2, 0.25) is 0 Å². The maximum Gasteiger partial charge on any atom is 0.442 e. The van der Waals surface area contributed by atoms with Crippen molar-refractivity contribution in [2.45, 2.75) is 22.7 Å². The van der Waals surface area contributed by atoms with Crippen molar-refractivity contribution in [3.05, 3.63) is 53.1 Å². The Bertz CT molecular complexity index is 809. The Hall–Kier alpha value is -1.91. The number of ether oxygens (including phenoxy) is 1. The molecule has 0 aromatic heterocycles. The second-order valence-electron chi connectivity index (χ2n) is 5.14. The maximum absolute atomic E-state index is 13.7. The average molecular weight is 382 g/mol. The first-order valence-electron chi connectivity index (χ1n) is 6.69. The zero-order valence-electron chi connectivity index (χ0n) is 12.0. The van der Waals surface area contributed by atoms with Gasteiger partial charge in [-0.3, -0.25) is 0 Å². The number of aliphatic hydroxyl groups excluding tert-OH is 1. The van der Waals surface area contributed by atoms with E-state index in [-0.39, 0.29) is 0 Å². The summed E-state index contributed by atoms with van der Waals surface area (Å²) >= 11 is -3.24. The molecule has 2 aromatic rings. The van der Waals surface area contributed by atoms with Crippen LogP contribution in [0.1, 0.15) is 23.7 Å². The van der Waals surface area contributed by atoms with Crippen molar-refractivity contribution in [1.29, 1.82) is 0 Å². The first-order valence-corrected chi connectivity index (χ1v) is 7.84. The number of alkyl halides is 4. The van der Waals surface area contributed by atoms with E-state index in [4.69, 9.17) is 4.74 Å². The Morgan fingerprint density at radius 3 is 2.28 bits per heavy atom. The first-order chi connectivity index (χ1) is 11.6. The highest BCUT2D eigenvalue weighted by Gasteiger charge is 2.62. The third-order valence-electron chi connectivity index (χ3n) is 3.51. The molecule has 0 saturated heterocycles. The molecular weight excluding hydrogens is 374 g/mol. The number of hydrogen-bond donors (Lipinski definition) is 1. The Morgan fingerprint density at radius 2 is 1.72 bits per heavy atom. The molecule has 0 saturated carbocycles. The largest absolute Gasteiger partial charge is 0.607 e. The molecule has 3 nitrogen and oxygen atoms in total. The van der Waals surface area contributed by atoms with Crippen LogP contribution in [-0.2, 0) is 11.2 Å². The lowest BCUT2D eigenvalue weighted by Gasteiger charge is -2.16. The van der Waals surface area contributed by atoms with Gasteiger partial charge in [0.25, 0.3) is 6.43 Å². The molecule has 2 atom stereocenters. The van der Waals surface area contributed by atoms with Crippen LogP contribution in [0.4, 0.5) is 26.3 Å². The lowest BCUT2D eigenvalue weighted by Crippen LogP contribution is -2.29. The Morgan fingerprint density at radius 1 is 1.12 bits per heavy atom. The SMILES string of the molecule is [O-][S+]1c2c(ccc(Oc3cc(F)cc(F)c3)c2C(F)F)C(O)C1(F)F. The van der Waals surface area contributed by atoms with E-state index >= 15 is 0 Å². The highest BCUT2D eigenvalue weighted by atomic mass is 32.2. The molecule has 134 valence electrons. The topological polar surface area (TPSA) is 52.5 Å². The van der Waals surface area contributed by atoms with Gasteiger partial charge in [0, 0.05) is 23.8 Å². The molecule has 3 rings (SSSR count). The summed E-state index contributed by atoms with van der Waals surface area (Å²) in [7, 11) is 0.